The average Bonchev–Trinajstić information content (AvgIpc) is 2.52. The van der Waals surface area contributed by atoms with Crippen LogP contribution < -0.4 is 4.74 Å². The van der Waals surface area contributed by atoms with Crippen LogP contribution in [0, 0.1) is 5.41 Å². The van der Waals surface area contributed by atoms with Crippen molar-refractivity contribution in [2.45, 2.75) is 52.1 Å². The third kappa shape index (κ3) is 5.34. The first kappa shape index (κ1) is 19.5. The summed E-state index contributed by atoms with van der Waals surface area (Å²) in [6, 6.07) is 2.61. The second-order valence-electron chi connectivity index (χ2n) is 7.74. The fourth-order valence-electron chi connectivity index (χ4n) is 3.05. The van der Waals surface area contributed by atoms with E-state index in [9.17, 15) is 18.0 Å². The van der Waals surface area contributed by atoms with Gasteiger partial charge in [0.2, 0.25) is 11.8 Å². The third-order valence-corrected chi connectivity index (χ3v) is 4.25. The van der Waals surface area contributed by atoms with Crippen molar-refractivity contribution in [3.05, 3.63) is 23.4 Å². The Morgan fingerprint density at radius 3 is 2.56 bits per heavy atom. The third-order valence-electron chi connectivity index (χ3n) is 4.25. The zero-order chi connectivity index (χ0) is 18.8. The van der Waals surface area contributed by atoms with Crippen LogP contribution in [-0.4, -0.2) is 36.0 Å². The molecule has 1 aliphatic heterocycles. The molecule has 25 heavy (non-hydrogen) atoms. The molecule has 0 N–H and O–H groups in total. The van der Waals surface area contributed by atoms with Gasteiger partial charge in [-0.1, -0.05) is 20.8 Å². The second kappa shape index (κ2) is 7.22. The molecule has 1 aliphatic rings. The van der Waals surface area contributed by atoms with Crippen molar-refractivity contribution in [1.29, 1.82) is 0 Å². The SMILES string of the molecule is COc1cc(C2CCCN(C(=O)CC(C)(C)C)C2)cc(C(F)(F)F)n1. The summed E-state index contributed by atoms with van der Waals surface area (Å²) in [5, 5.41) is 0. The Morgan fingerprint density at radius 1 is 1.32 bits per heavy atom. The number of nitrogens with zero attached hydrogens (tertiary/aromatic N) is 2. The van der Waals surface area contributed by atoms with Gasteiger partial charge in [0.25, 0.3) is 0 Å². The maximum absolute atomic E-state index is 13.1. The van der Waals surface area contributed by atoms with E-state index in [0.29, 0.717) is 25.1 Å². The molecule has 2 heterocycles. The standard InChI is InChI=1S/C18H25F3N2O2/c1-17(2,3)10-16(24)23-7-5-6-12(11-23)13-8-14(18(19,20)21)22-15(9-13)25-4/h8-9,12H,5-7,10-11H2,1-4H3. The molecule has 0 saturated carbocycles. The highest BCUT2D eigenvalue weighted by molar-refractivity contribution is 5.77. The van der Waals surface area contributed by atoms with Crippen molar-refractivity contribution < 1.29 is 22.7 Å². The molecule has 2 rings (SSSR count). The highest BCUT2D eigenvalue weighted by Gasteiger charge is 2.35. The number of halogens is 3. The van der Waals surface area contributed by atoms with E-state index in [-0.39, 0.29) is 23.1 Å². The quantitative estimate of drug-likeness (QED) is 0.811. The van der Waals surface area contributed by atoms with E-state index in [1.807, 2.05) is 20.8 Å². The first-order chi connectivity index (χ1) is 11.5. The molecular formula is C18H25F3N2O2. The number of carbonyl (C=O) groups is 1. The summed E-state index contributed by atoms with van der Waals surface area (Å²) in [5.74, 6) is -0.145. The molecule has 1 unspecified atom stereocenters. The molecule has 1 atom stereocenters. The number of rotatable bonds is 3. The molecule has 0 bridgehead atoms. The van der Waals surface area contributed by atoms with E-state index in [2.05, 4.69) is 4.98 Å². The van der Waals surface area contributed by atoms with Crippen LogP contribution in [0.1, 0.15) is 57.2 Å². The molecule has 1 aromatic heterocycles. The lowest BCUT2D eigenvalue weighted by molar-refractivity contribution is -0.141. The highest BCUT2D eigenvalue weighted by atomic mass is 19.4. The Balaban J connectivity index is 2.22. The van der Waals surface area contributed by atoms with Gasteiger partial charge in [0.1, 0.15) is 5.69 Å². The molecule has 0 radical (unpaired) electrons. The largest absolute Gasteiger partial charge is 0.481 e. The summed E-state index contributed by atoms with van der Waals surface area (Å²) in [6.07, 6.45) is -2.59. The van der Waals surface area contributed by atoms with Crippen molar-refractivity contribution in [3.8, 4) is 5.88 Å². The van der Waals surface area contributed by atoms with Crippen LogP contribution in [0.15, 0.2) is 12.1 Å². The van der Waals surface area contributed by atoms with Crippen molar-refractivity contribution in [1.82, 2.24) is 9.88 Å². The fraction of sp³-hybridized carbons (Fsp3) is 0.667. The van der Waals surface area contributed by atoms with Gasteiger partial charge in [0.05, 0.1) is 7.11 Å². The molecular weight excluding hydrogens is 333 g/mol. The van der Waals surface area contributed by atoms with Gasteiger partial charge in [-0.05, 0) is 29.9 Å². The summed E-state index contributed by atoms with van der Waals surface area (Å²) >= 11 is 0. The van der Waals surface area contributed by atoms with Crippen LogP contribution in [-0.2, 0) is 11.0 Å². The predicted octanol–water partition coefficient (Wildman–Crippen LogP) is 4.25. The van der Waals surface area contributed by atoms with Crippen molar-refractivity contribution in [2.24, 2.45) is 5.41 Å². The van der Waals surface area contributed by atoms with Gasteiger partial charge in [0, 0.05) is 31.5 Å². The number of ether oxygens (including phenoxy) is 1. The number of carbonyl (C=O) groups excluding carboxylic acids is 1. The van der Waals surface area contributed by atoms with E-state index in [4.69, 9.17) is 4.74 Å². The molecule has 7 heteroatoms. The number of amides is 1. The number of alkyl halides is 3. The lowest BCUT2D eigenvalue weighted by Crippen LogP contribution is -2.40. The number of hydrogen-bond acceptors (Lipinski definition) is 3. The Bertz CT molecular complexity index is 624. The van der Waals surface area contributed by atoms with E-state index in [1.54, 1.807) is 4.90 Å². The fourth-order valence-corrected chi connectivity index (χ4v) is 3.05. The Labute approximate surface area is 146 Å². The molecule has 0 aromatic carbocycles. The molecule has 1 amide bonds. The average molecular weight is 358 g/mol. The summed E-state index contributed by atoms with van der Waals surface area (Å²) in [6.45, 7) is 7.07. The van der Waals surface area contributed by atoms with Gasteiger partial charge in [-0.3, -0.25) is 4.79 Å². The lowest BCUT2D eigenvalue weighted by Gasteiger charge is -2.35. The van der Waals surface area contributed by atoms with E-state index in [0.717, 1.165) is 18.9 Å². The van der Waals surface area contributed by atoms with Crippen molar-refractivity contribution in [2.75, 3.05) is 20.2 Å². The van der Waals surface area contributed by atoms with Gasteiger partial charge in [-0.2, -0.15) is 13.2 Å². The molecule has 0 spiro atoms. The highest BCUT2D eigenvalue weighted by Crippen LogP contribution is 2.35. The zero-order valence-electron chi connectivity index (χ0n) is 15.1. The van der Waals surface area contributed by atoms with Crippen LogP contribution in [0.2, 0.25) is 0 Å². The lowest BCUT2D eigenvalue weighted by atomic mass is 9.88. The smallest absolute Gasteiger partial charge is 0.433 e. The normalized spacial score (nSPS) is 19.0. The maximum atomic E-state index is 13.1. The molecule has 1 aromatic rings. The Morgan fingerprint density at radius 2 is 2.00 bits per heavy atom. The van der Waals surface area contributed by atoms with Crippen molar-refractivity contribution >= 4 is 5.91 Å². The Hall–Kier alpha value is -1.79. The molecule has 1 fully saturated rings. The van der Waals surface area contributed by atoms with Crippen LogP contribution in [0.25, 0.3) is 0 Å². The van der Waals surface area contributed by atoms with Gasteiger partial charge in [-0.25, -0.2) is 4.98 Å². The van der Waals surface area contributed by atoms with E-state index in [1.165, 1.54) is 13.2 Å². The van der Waals surface area contributed by atoms with Gasteiger partial charge in [-0.15, -0.1) is 0 Å². The van der Waals surface area contributed by atoms with E-state index >= 15 is 0 Å². The Kier molecular flexibility index (Phi) is 5.64. The monoisotopic (exact) mass is 358 g/mol. The summed E-state index contributed by atoms with van der Waals surface area (Å²) < 4.78 is 44.1. The molecule has 4 nitrogen and oxygen atoms in total. The topological polar surface area (TPSA) is 42.4 Å². The molecule has 0 aliphatic carbocycles. The predicted molar refractivity (Wildman–Crippen MR) is 88.4 cm³/mol. The number of hydrogen-bond donors (Lipinski definition) is 0. The van der Waals surface area contributed by atoms with Crippen LogP contribution in [0.3, 0.4) is 0 Å². The molecule has 140 valence electrons. The summed E-state index contributed by atoms with van der Waals surface area (Å²) in [4.78, 5) is 17.7. The number of pyridine rings is 1. The minimum Gasteiger partial charge on any atom is -0.481 e. The maximum Gasteiger partial charge on any atom is 0.433 e. The number of likely N-dealkylation sites (tertiary alicyclic amines) is 1. The van der Waals surface area contributed by atoms with Gasteiger partial charge >= 0.3 is 6.18 Å². The first-order valence-electron chi connectivity index (χ1n) is 8.40. The first-order valence-corrected chi connectivity index (χ1v) is 8.40. The molecule has 1 saturated heterocycles. The number of piperidine rings is 1. The summed E-state index contributed by atoms with van der Waals surface area (Å²) in [5.41, 5.74) is -0.555. The van der Waals surface area contributed by atoms with Crippen LogP contribution in [0.5, 0.6) is 5.88 Å². The van der Waals surface area contributed by atoms with Crippen molar-refractivity contribution in [3.63, 3.8) is 0 Å². The summed E-state index contributed by atoms with van der Waals surface area (Å²) in [7, 11) is 1.30. The second-order valence-corrected chi connectivity index (χ2v) is 7.74. The number of aromatic nitrogens is 1. The number of methoxy groups -OCH3 is 1. The van der Waals surface area contributed by atoms with Gasteiger partial charge < -0.3 is 9.64 Å². The minimum absolute atomic E-state index is 0.0502. The van der Waals surface area contributed by atoms with Crippen LogP contribution in [0.4, 0.5) is 13.2 Å². The minimum atomic E-state index is -4.53. The zero-order valence-corrected chi connectivity index (χ0v) is 15.1. The van der Waals surface area contributed by atoms with Gasteiger partial charge in [0.15, 0.2) is 0 Å². The van der Waals surface area contributed by atoms with E-state index < -0.39 is 11.9 Å². The van der Waals surface area contributed by atoms with Crippen LogP contribution >= 0.6 is 0 Å².